The summed E-state index contributed by atoms with van der Waals surface area (Å²) >= 11 is 3.71. The zero-order chi connectivity index (χ0) is 15.6. The van der Waals surface area contributed by atoms with E-state index >= 15 is 0 Å². The molecule has 1 aromatic rings. The van der Waals surface area contributed by atoms with Gasteiger partial charge in [-0.05, 0) is 69.2 Å². The van der Waals surface area contributed by atoms with Crippen LogP contribution in [-0.4, -0.2) is 46.4 Å². The quantitative estimate of drug-likeness (QED) is 0.850. The van der Waals surface area contributed by atoms with Crippen molar-refractivity contribution in [3.63, 3.8) is 0 Å². The Balaban J connectivity index is 2.25. The van der Waals surface area contributed by atoms with Gasteiger partial charge in [-0.3, -0.25) is 9.58 Å². The molecule has 21 heavy (non-hydrogen) atoms. The van der Waals surface area contributed by atoms with Crippen molar-refractivity contribution < 1.29 is 0 Å². The minimum atomic E-state index is 0.197. The summed E-state index contributed by atoms with van der Waals surface area (Å²) < 4.78 is 3.18. The first-order valence-corrected chi connectivity index (χ1v) is 8.83. The highest BCUT2D eigenvalue weighted by molar-refractivity contribution is 9.10. The molecule has 1 N–H and O–H groups in total. The number of hydrogen-bond acceptors (Lipinski definition) is 3. The molecule has 5 heteroatoms. The molecule has 0 spiro atoms. The van der Waals surface area contributed by atoms with Crippen molar-refractivity contribution >= 4 is 15.9 Å². The molecule has 2 rings (SSSR count). The predicted molar refractivity (Wildman–Crippen MR) is 91.7 cm³/mol. The predicted octanol–water partition coefficient (Wildman–Crippen LogP) is 2.89. The van der Waals surface area contributed by atoms with Crippen LogP contribution in [0.3, 0.4) is 0 Å². The van der Waals surface area contributed by atoms with E-state index in [2.05, 4.69) is 59.1 Å². The van der Waals surface area contributed by atoms with Gasteiger partial charge >= 0.3 is 0 Å². The highest BCUT2D eigenvalue weighted by atomic mass is 79.9. The van der Waals surface area contributed by atoms with E-state index in [0.717, 1.165) is 23.0 Å². The van der Waals surface area contributed by atoms with E-state index in [4.69, 9.17) is 0 Å². The zero-order valence-electron chi connectivity index (χ0n) is 14.0. The van der Waals surface area contributed by atoms with Gasteiger partial charge < -0.3 is 5.32 Å². The Morgan fingerprint density at radius 3 is 2.43 bits per heavy atom. The molecule has 0 aliphatic carbocycles. The Morgan fingerprint density at radius 2 is 2.00 bits per heavy atom. The van der Waals surface area contributed by atoms with Crippen LogP contribution < -0.4 is 5.32 Å². The van der Waals surface area contributed by atoms with Crippen molar-refractivity contribution in [3.8, 4) is 0 Å². The maximum Gasteiger partial charge on any atom is 0.0738 e. The van der Waals surface area contributed by atoms with Crippen molar-refractivity contribution in [2.75, 3.05) is 20.1 Å². The van der Waals surface area contributed by atoms with E-state index in [-0.39, 0.29) is 5.54 Å². The number of halogens is 1. The lowest BCUT2D eigenvalue weighted by molar-refractivity contribution is 0.0865. The molecule has 0 amide bonds. The fourth-order valence-corrected chi connectivity index (χ4v) is 4.14. The molecule has 2 heterocycles. The van der Waals surface area contributed by atoms with Gasteiger partial charge in [0.15, 0.2) is 0 Å². The van der Waals surface area contributed by atoms with Gasteiger partial charge in [-0.15, -0.1) is 0 Å². The van der Waals surface area contributed by atoms with Crippen LogP contribution >= 0.6 is 15.9 Å². The maximum absolute atomic E-state index is 4.53. The van der Waals surface area contributed by atoms with E-state index in [0.29, 0.717) is 6.04 Å². The van der Waals surface area contributed by atoms with Crippen molar-refractivity contribution in [3.05, 3.63) is 15.9 Å². The van der Waals surface area contributed by atoms with Gasteiger partial charge in [-0.1, -0.05) is 6.92 Å². The molecule has 2 unspecified atom stereocenters. The van der Waals surface area contributed by atoms with Gasteiger partial charge in [0, 0.05) is 25.0 Å². The number of nitrogens with zero attached hydrogens (tertiary/aromatic N) is 3. The number of aryl methyl sites for hydroxylation is 2. The zero-order valence-corrected chi connectivity index (χ0v) is 15.6. The van der Waals surface area contributed by atoms with Crippen LogP contribution in [0.5, 0.6) is 0 Å². The molecule has 0 aromatic carbocycles. The number of likely N-dealkylation sites (tertiary alicyclic amines) is 1. The number of likely N-dealkylation sites (N-methyl/N-ethyl adjacent to an activating group) is 1. The Kier molecular flexibility index (Phi) is 5.49. The molecule has 0 bridgehead atoms. The lowest BCUT2D eigenvalue weighted by Crippen LogP contribution is -2.58. The van der Waals surface area contributed by atoms with Gasteiger partial charge in [-0.25, -0.2) is 0 Å². The van der Waals surface area contributed by atoms with Gasteiger partial charge in [-0.2, -0.15) is 5.10 Å². The summed E-state index contributed by atoms with van der Waals surface area (Å²) in [5, 5.41) is 8.11. The third-order valence-corrected chi connectivity index (χ3v) is 6.33. The maximum atomic E-state index is 4.53. The lowest BCUT2D eigenvalue weighted by atomic mass is 9.84. The van der Waals surface area contributed by atoms with Crippen LogP contribution in [0.15, 0.2) is 4.47 Å². The van der Waals surface area contributed by atoms with E-state index in [1.54, 1.807) is 0 Å². The third-order valence-electron chi connectivity index (χ3n) is 5.30. The number of aromatic nitrogens is 2. The fourth-order valence-electron chi connectivity index (χ4n) is 3.65. The van der Waals surface area contributed by atoms with Crippen molar-refractivity contribution in [1.29, 1.82) is 0 Å². The highest BCUT2D eigenvalue weighted by Gasteiger charge is 2.39. The highest BCUT2D eigenvalue weighted by Crippen LogP contribution is 2.31. The molecule has 1 aliphatic rings. The molecule has 4 nitrogen and oxygen atoms in total. The largest absolute Gasteiger partial charge is 0.315 e. The molecule has 0 radical (unpaired) electrons. The summed E-state index contributed by atoms with van der Waals surface area (Å²) in [6.07, 6.45) is 4.82. The molecule has 2 atom stereocenters. The van der Waals surface area contributed by atoms with Gasteiger partial charge in [0.25, 0.3) is 0 Å². The fraction of sp³-hybridized carbons (Fsp3) is 0.812. The molecule has 1 fully saturated rings. The molecular weight excluding hydrogens is 328 g/mol. The minimum Gasteiger partial charge on any atom is -0.315 e. The van der Waals surface area contributed by atoms with E-state index in [9.17, 15) is 0 Å². The van der Waals surface area contributed by atoms with Crippen LogP contribution in [0.2, 0.25) is 0 Å². The van der Waals surface area contributed by atoms with Crippen LogP contribution in [0.25, 0.3) is 0 Å². The van der Waals surface area contributed by atoms with Crippen molar-refractivity contribution in [1.82, 2.24) is 20.0 Å². The molecular formula is C16H29BrN4. The van der Waals surface area contributed by atoms with E-state index in [1.807, 2.05) is 11.7 Å². The summed E-state index contributed by atoms with van der Waals surface area (Å²) in [5.41, 5.74) is 2.55. The van der Waals surface area contributed by atoms with Crippen LogP contribution in [0, 0.1) is 6.92 Å². The SMILES string of the molecule is CCC(C)(C(Cc1c(Br)c(C)nn1C)NC)N1CCCC1. The first-order valence-electron chi connectivity index (χ1n) is 8.04. The average Bonchev–Trinajstić information content (AvgIpc) is 3.08. The van der Waals surface area contributed by atoms with Crippen molar-refractivity contribution in [2.45, 2.75) is 58.0 Å². The first kappa shape index (κ1) is 17.0. The number of nitrogens with one attached hydrogen (secondary N) is 1. The smallest absolute Gasteiger partial charge is 0.0738 e. The van der Waals surface area contributed by atoms with Crippen LogP contribution in [-0.2, 0) is 13.5 Å². The van der Waals surface area contributed by atoms with Gasteiger partial charge in [0.05, 0.1) is 15.9 Å². The van der Waals surface area contributed by atoms with E-state index in [1.165, 1.54) is 31.6 Å². The minimum absolute atomic E-state index is 0.197. The van der Waals surface area contributed by atoms with Crippen LogP contribution in [0.4, 0.5) is 0 Å². The summed E-state index contributed by atoms with van der Waals surface area (Å²) in [4.78, 5) is 2.67. The Hall–Kier alpha value is -0.390. The van der Waals surface area contributed by atoms with Gasteiger partial charge in [0.2, 0.25) is 0 Å². The Bertz CT molecular complexity index is 479. The van der Waals surface area contributed by atoms with E-state index < -0.39 is 0 Å². The summed E-state index contributed by atoms with van der Waals surface area (Å²) in [6.45, 7) is 9.24. The molecule has 1 aromatic heterocycles. The summed E-state index contributed by atoms with van der Waals surface area (Å²) in [6, 6.07) is 0.423. The summed E-state index contributed by atoms with van der Waals surface area (Å²) in [5.74, 6) is 0. The van der Waals surface area contributed by atoms with Gasteiger partial charge in [0.1, 0.15) is 0 Å². The third kappa shape index (κ3) is 3.20. The first-order chi connectivity index (χ1) is 9.93. The second-order valence-corrected chi connectivity index (χ2v) is 7.21. The monoisotopic (exact) mass is 356 g/mol. The topological polar surface area (TPSA) is 33.1 Å². The average molecular weight is 357 g/mol. The molecule has 1 saturated heterocycles. The molecule has 1 aliphatic heterocycles. The molecule has 120 valence electrons. The lowest BCUT2D eigenvalue weighted by Gasteiger charge is -2.44. The molecule has 0 saturated carbocycles. The van der Waals surface area contributed by atoms with Crippen LogP contribution in [0.1, 0.15) is 44.5 Å². The second-order valence-electron chi connectivity index (χ2n) is 6.42. The van der Waals surface area contributed by atoms with Crippen molar-refractivity contribution in [2.24, 2.45) is 7.05 Å². The Labute approximate surface area is 137 Å². The summed E-state index contributed by atoms with van der Waals surface area (Å²) in [7, 11) is 4.13. The second kappa shape index (κ2) is 6.80. The number of rotatable bonds is 6. The normalized spacial score (nSPS) is 20.7. The Morgan fingerprint density at radius 1 is 1.38 bits per heavy atom. The number of hydrogen-bond donors (Lipinski definition) is 1. The standard InChI is InChI=1S/C16H29BrN4/c1-6-16(3,21-9-7-8-10-21)14(18-4)11-13-15(17)12(2)19-20(13)5/h14,18H,6-11H2,1-5H3.